The van der Waals surface area contributed by atoms with Crippen LogP contribution in [0.15, 0.2) is 5.38 Å². The summed E-state index contributed by atoms with van der Waals surface area (Å²) in [5.74, 6) is -0.153. The van der Waals surface area contributed by atoms with Crippen molar-refractivity contribution in [2.75, 3.05) is 26.3 Å². The Balaban J connectivity index is 0.00000256. The Labute approximate surface area is 111 Å². The zero-order valence-corrected chi connectivity index (χ0v) is 11.4. The summed E-state index contributed by atoms with van der Waals surface area (Å²) >= 11 is 1.46. The monoisotopic (exact) mass is 279 g/mol. The fourth-order valence-corrected chi connectivity index (χ4v) is 1.92. The van der Waals surface area contributed by atoms with E-state index in [0.29, 0.717) is 32.0 Å². The van der Waals surface area contributed by atoms with Crippen molar-refractivity contribution in [2.24, 2.45) is 5.73 Å². The molecule has 0 aliphatic carbocycles. The van der Waals surface area contributed by atoms with Crippen molar-refractivity contribution in [1.29, 1.82) is 0 Å². The van der Waals surface area contributed by atoms with Crippen LogP contribution >= 0.6 is 23.7 Å². The summed E-state index contributed by atoms with van der Waals surface area (Å²) in [6.45, 7) is 4.17. The van der Waals surface area contributed by atoms with E-state index in [2.05, 4.69) is 10.3 Å². The van der Waals surface area contributed by atoms with Gasteiger partial charge in [0.05, 0.1) is 11.6 Å². The third kappa shape index (κ3) is 5.97. The van der Waals surface area contributed by atoms with Crippen LogP contribution in [0.2, 0.25) is 0 Å². The van der Waals surface area contributed by atoms with E-state index in [1.807, 2.05) is 6.92 Å². The SMILES string of the molecule is CCOCCNC(=O)c1csc(CCN)n1.Cl. The molecule has 1 amide bonds. The predicted octanol–water partition coefficient (Wildman–Crippen LogP) is 0.832. The van der Waals surface area contributed by atoms with E-state index < -0.39 is 0 Å². The van der Waals surface area contributed by atoms with Gasteiger partial charge in [0.25, 0.3) is 5.91 Å². The highest BCUT2D eigenvalue weighted by Gasteiger charge is 2.09. The van der Waals surface area contributed by atoms with Gasteiger partial charge in [-0.3, -0.25) is 4.79 Å². The molecule has 0 bridgehead atoms. The molecule has 0 unspecified atom stereocenters. The molecule has 3 N–H and O–H groups in total. The number of thiazole rings is 1. The standard InChI is InChI=1S/C10H17N3O2S.ClH/c1-2-15-6-5-12-10(14)8-7-16-9(13-8)3-4-11;/h7H,2-6,11H2,1H3,(H,12,14);1H. The van der Waals surface area contributed by atoms with Crippen LogP contribution in [0.1, 0.15) is 22.4 Å². The van der Waals surface area contributed by atoms with Gasteiger partial charge in [-0.1, -0.05) is 0 Å². The Morgan fingerprint density at radius 1 is 1.65 bits per heavy atom. The van der Waals surface area contributed by atoms with Gasteiger partial charge in [0, 0.05) is 25.0 Å². The van der Waals surface area contributed by atoms with Crippen molar-refractivity contribution < 1.29 is 9.53 Å². The number of hydrogen-bond donors (Lipinski definition) is 2. The Kier molecular flexibility index (Phi) is 8.97. The first-order valence-electron chi connectivity index (χ1n) is 5.28. The second-order valence-corrected chi connectivity index (χ2v) is 4.06. The molecule has 1 heterocycles. The van der Waals surface area contributed by atoms with Gasteiger partial charge in [0.15, 0.2) is 0 Å². The van der Waals surface area contributed by atoms with Crippen LogP contribution in [0.25, 0.3) is 0 Å². The molecule has 7 heteroatoms. The minimum Gasteiger partial charge on any atom is -0.380 e. The molecule has 1 rings (SSSR count). The zero-order valence-electron chi connectivity index (χ0n) is 9.77. The number of nitrogens with zero attached hydrogens (tertiary/aromatic N) is 1. The number of carbonyl (C=O) groups is 1. The minimum absolute atomic E-state index is 0. The van der Waals surface area contributed by atoms with Gasteiger partial charge in [0.1, 0.15) is 5.69 Å². The minimum atomic E-state index is -0.153. The molecule has 0 radical (unpaired) electrons. The average Bonchev–Trinajstić information content (AvgIpc) is 2.73. The van der Waals surface area contributed by atoms with E-state index in [1.54, 1.807) is 5.38 Å². The zero-order chi connectivity index (χ0) is 11.8. The number of carbonyl (C=O) groups excluding carboxylic acids is 1. The van der Waals surface area contributed by atoms with E-state index in [-0.39, 0.29) is 18.3 Å². The summed E-state index contributed by atoms with van der Waals surface area (Å²) in [5, 5.41) is 5.39. The lowest BCUT2D eigenvalue weighted by Gasteiger charge is -2.02. The Morgan fingerprint density at radius 2 is 2.41 bits per heavy atom. The average molecular weight is 280 g/mol. The molecule has 0 aliphatic heterocycles. The number of amides is 1. The highest BCUT2D eigenvalue weighted by atomic mass is 35.5. The van der Waals surface area contributed by atoms with Gasteiger partial charge in [-0.25, -0.2) is 4.98 Å². The number of ether oxygens (including phenoxy) is 1. The van der Waals surface area contributed by atoms with Crippen LogP contribution in [0.3, 0.4) is 0 Å². The van der Waals surface area contributed by atoms with Crippen LogP contribution in [0.5, 0.6) is 0 Å². The van der Waals surface area contributed by atoms with Gasteiger partial charge >= 0.3 is 0 Å². The van der Waals surface area contributed by atoms with Crippen LogP contribution in [0, 0.1) is 0 Å². The number of nitrogens with two attached hydrogens (primary N) is 1. The molecule has 0 fully saturated rings. The predicted molar refractivity (Wildman–Crippen MR) is 70.9 cm³/mol. The Hall–Kier alpha value is -0.690. The molecule has 98 valence electrons. The fraction of sp³-hybridized carbons (Fsp3) is 0.600. The summed E-state index contributed by atoms with van der Waals surface area (Å²) in [7, 11) is 0. The molecule has 0 aromatic carbocycles. The highest BCUT2D eigenvalue weighted by Crippen LogP contribution is 2.09. The first-order chi connectivity index (χ1) is 7.77. The summed E-state index contributed by atoms with van der Waals surface area (Å²) in [6.07, 6.45) is 0.719. The topological polar surface area (TPSA) is 77.2 Å². The number of nitrogens with one attached hydrogen (secondary N) is 1. The smallest absolute Gasteiger partial charge is 0.270 e. The second kappa shape index (κ2) is 9.35. The quantitative estimate of drug-likeness (QED) is 0.725. The first kappa shape index (κ1) is 16.3. The maximum atomic E-state index is 11.6. The number of halogens is 1. The molecule has 1 aromatic heterocycles. The molecule has 0 atom stereocenters. The van der Waals surface area contributed by atoms with E-state index in [1.165, 1.54) is 11.3 Å². The Morgan fingerprint density at radius 3 is 3.06 bits per heavy atom. The second-order valence-electron chi connectivity index (χ2n) is 3.12. The molecule has 0 saturated carbocycles. The van der Waals surface area contributed by atoms with Gasteiger partial charge in [-0.15, -0.1) is 23.7 Å². The summed E-state index contributed by atoms with van der Waals surface area (Å²) in [5.41, 5.74) is 5.87. The van der Waals surface area contributed by atoms with Gasteiger partial charge in [0.2, 0.25) is 0 Å². The number of hydrogen-bond acceptors (Lipinski definition) is 5. The summed E-state index contributed by atoms with van der Waals surface area (Å²) in [4.78, 5) is 15.8. The Bertz CT molecular complexity index is 333. The maximum Gasteiger partial charge on any atom is 0.270 e. The normalized spacial score (nSPS) is 9.76. The van der Waals surface area contributed by atoms with Crippen molar-refractivity contribution in [1.82, 2.24) is 10.3 Å². The molecular weight excluding hydrogens is 262 g/mol. The van der Waals surface area contributed by atoms with Crippen molar-refractivity contribution in [3.63, 3.8) is 0 Å². The molecular formula is C10H18ClN3O2S. The molecule has 0 saturated heterocycles. The van der Waals surface area contributed by atoms with Crippen molar-refractivity contribution in [3.8, 4) is 0 Å². The number of rotatable bonds is 7. The largest absolute Gasteiger partial charge is 0.380 e. The van der Waals surface area contributed by atoms with E-state index in [9.17, 15) is 4.79 Å². The van der Waals surface area contributed by atoms with Crippen molar-refractivity contribution >= 4 is 29.7 Å². The molecule has 1 aromatic rings. The summed E-state index contributed by atoms with van der Waals surface area (Å²) < 4.78 is 5.11. The summed E-state index contributed by atoms with van der Waals surface area (Å²) in [6, 6.07) is 0. The lowest BCUT2D eigenvalue weighted by atomic mass is 10.4. The first-order valence-corrected chi connectivity index (χ1v) is 6.16. The van der Waals surface area contributed by atoms with Crippen LogP contribution in [0.4, 0.5) is 0 Å². The van der Waals surface area contributed by atoms with Crippen molar-refractivity contribution in [2.45, 2.75) is 13.3 Å². The van der Waals surface area contributed by atoms with E-state index in [0.717, 1.165) is 11.4 Å². The van der Waals surface area contributed by atoms with E-state index >= 15 is 0 Å². The van der Waals surface area contributed by atoms with Gasteiger partial charge in [-0.2, -0.15) is 0 Å². The lowest BCUT2D eigenvalue weighted by Crippen LogP contribution is -2.27. The van der Waals surface area contributed by atoms with Gasteiger partial charge in [-0.05, 0) is 13.5 Å². The van der Waals surface area contributed by atoms with E-state index in [4.69, 9.17) is 10.5 Å². The molecule has 0 aliphatic rings. The third-order valence-corrected chi connectivity index (χ3v) is 2.79. The maximum absolute atomic E-state index is 11.6. The molecule has 17 heavy (non-hydrogen) atoms. The van der Waals surface area contributed by atoms with Crippen LogP contribution < -0.4 is 11.1 Å². The van der Waals surface area contributed by atoms with Crippen LogP contribution in [-0.2, 0) is 11.2 Å². The molecule has 5 nitrogen and oxygen atoms in total. The van der Waals surface area contributed by atoms with Crippen molar-refractivity contribution in [3.05, 3.63) is 16.1 Å². The highest BCUT2D eigenvalue weighted by molar-refractivity contribution is 7.09. The lowest BCUT2D eigenvalue weighted by molar-refractivity contribution is 0.0918. The fourth-order valence-electron chi connectivity index (χ4n) is 1.13. The van der Waals surface area contributed by atoms with Gasteiger partial charge < -0.3 is 15.8 Å². The molecule has 0 spiro atoms. The third-order valence-electron chi connectivity index (χ3n) is 1.88. The van der Waals surface area contributed by atoms with Crippen LogP contribution in [-0.4, -0.2) is 37.2 Å². The number of aromatic nitrogens is 1.